The van der Waals surface area contributed by atoms with Gasteiger partial charge in [0.05, 0.1) is 4.88 Å². The van der Waals surface area contributed by atoms with Crippen molar-refractivity contribution < 1.29 is 4.79 Å². The maximum absolute atomic E-state index is 12.6. The number of thiophene rings is 1. The smallest absolute Gasteiger partial charge is 0.263 e. The summed E-state index contributed by atoms with van der Waals surface area (Å²) in [4.78, 5) is 15.5. The molecule has 1 saturated heterocycles. The minimum absolute atomic E-state index is 0.207. The van der Waals surface area contributed by atoms with Gasteiger partial charge >= 0.3 is 0 Å². The first kappa shape index (κ1) is 14.5. The predicted molar refractivity (Wildman–Crippen MR) is 89.0 cm³/mol. The van der Waals surface area contributed by atoms with E-state index in [4.69, 9.17) is 0 Å². The Kier molecular flexibility index (Phi) is 4.56. The third-order valence-corrected chi connectivity index (χ3v) is 5.33. The maximum Gasteiger partial charge on any atom is 0.263 e. The highest BCUT2D eigenvalue weighted by molar-refractivity contribution is 7.20. The number of carbonyl (C=O) groups excluding carboxylic acids is 1. The van der Waals surface area contributed by atoms with E-state index in [0.717, 1.165) is 49.8 Å². The minimum Gasteiger partial charge on any atom is -0.338 e. The Balaban J connectivity index is 1.63. The van der Waals surface area contributed by atoms with Crippen molar-refractivity contribution in [1.82, 2.24) is 10.2 Å². The molecule has 1 aliphatic rings. The first-order valence-corrected chi connectivity index (χ1v) is 8.58. The fourth-order valence-electron chi connectivity index (χ4n) is 2.93. The average Bonchev–Trinajstić information content (AvgIpc) is 2.96. The molecule has 0 saturated carbocycles. The second-order valence-electron chi connectivity index (χ2n) is 5.69. The summed E-state index contributed by atoms with van der Waals surface area (Å²) >= 11 is 1.61. The summed E-state index contributed by atoms with van der Waals surface area (Å²) in [5.41, 5.74) is 0. The Labute approximate surface area is 130 Å². The molecular weight excluding hydrogens is 280 g/mol. The summed E-state index contributed by atoms with van der Waals surface area (Å²) in [6.45, 7) is 6.04. The van der Waals surface area contributed by atoms with E-state index in [-0.39, 0.29) is 5.91 Å². The number of rotatable bonds is 4. The number of hydrogen-bond donors (Lipinski definition) is 1. The van der Waals surface area contributed by atoms with Crippen LogP contribution in [0.5, 0.6) is 0 Å². The normalized spacial score (nSPS) is 16.5. The van der Waals surface area contributed by atoms with Crippen LogP contribution in [0.4, 0.5) is 0 Å². The molecule has 1 aromatic carbocycles. The summed E-state index contributed by atoms with van der Waals surface area (Å²) in [7, 11) is 0. The number of fused-ring (bicyclic) bond motifs is 1. The third-order valence-electron chi connectivity index (χ3n) is 4.22. The van der Waals surface area contributed by atoms with Crippen LogP contribution in [0, 0.1) is 5.92 Å². The number of likely N-dealkylation sites (tertiary alicyclic amines) is 1. The van der Waals surface area contributed by atoms with Gasteiger partial charge in [-0.2, -0.15) is 0 Å². The van der Waals surface area contributed by atoms with Crippen molar-refractivity contribution in [1.29, 1.82) is 0 Å². The van der Waals surface area contributed by atoms with Gasteiger partial charge in [-0.3, -0.25) is 4.79 Å². The van der Waals surface area contributed by atoms with Crippen molar-refractivity contribution in [2.75, 3.05) is 26.2 Å². The van der Waals surface area contributed by atoms with Gasteiger partial charge in [0.15, 0.2) is 0 Å². The molecule has 0 radical (unpaired) electrons. The lowest BCUT2D eigenvalue weighted by Gasteiger charge is -2.31. The van der Waals surface area contributed by atoms with E-state index < -0.39 is 0 Å². The molecule has 1 N–H and O–H groups in total. The van der Waals surface area contributed by atoms with Crippen LogP contribution in [0.25, 0.3) is 10.1 Å². The molecule has 1 fully saturated rings. The van der Waals surface area contributed by atoms with Crippen LogP contribution in [0.2, 0.25) is 0 Å². The monoisotopic (exact) mass is 302 g/mol. The zero-order chi connectivity index (χ0) is 14.7. The maximum atomic E-state index is 12.6. The summed E-state index contributed by atoms with van der Waals surface area (Å²) in [5, 5.41) is 4.58. The number of amides is 1. The van der Waals surface area contributed by atoms with Crippen LogP contribution in [0.3, 0.4) is 0 Å². The van der Waals surface area contributed by atoms with Crippen molar-refractivity contribution in [3.8, 4) is 0 Å². The molecule has 0 atom stereocenters. The highest BCUT2D eigenvalue weighted by atomic mass is 32.1. The van der Waals surface area contributed by atoms with Crippen LogP contribution < -0.4 is 5.32 Å². The molecule has 0 aliphatic carbocycles. The Morgan fingerprint density at radius 3 is 2.81 bits per heavy atom. The van der Waals surface area contributed by atoms with Crippen LogP contribution in [-0.4, -0.2) is 37.0 Å². The average molecular weight is 302 g/mol. The van der Waals surface area contributed by atoms with E-state index in [1.165, 1.54) is 10.1 Å². The van der Waals surface area contributed by atoms with Gasteiger partial charge in [0.25, 0.3) is 5.91 Å². The predicted octanol–water partition coefficient (Wildman–Crippen LogP) is 3.36. The Hall–Kier alpha value is -1.39. The zero-order valence-corrected chi connectivity index (χ0v) is 13.3. The van der Waals surface area contributed by atoms with E-state index in [1.807, 2.05) is 23.1 Å². The van der Waals surface area contributed by atoms with Crippen molar-refractivity contribution in [3.63, 3.8) is 0 Å². The molecular formula is C17H22N2OS. The largest absolute Gasteiger partial charge is 0.338 e. The van der Waals surface area contributed by atoms with Crippen molar-refractivity contribution in [3.05, 3.63) is 35.2 Å². The first-order chi connectivity index (χ1) is 10.3. The van der Waals surface area contributed by atoms with Crippen molar-refractivity contribution in [2.45, 2.75) is 19.8 Å². The molecule has 0 bridgehead atoms. The fourth-order valence-corrected chi connectivity index (χ4v) is 3.96. The molecule has 4 heteroatoms. The topological polar surface area (TPSA) is 32.3 Å². The molecule has 1 amide bonds. The molecule has 21 heavy (non-hydrogen) atoms. The van der Waals surface area contributed by atoms with Crippen molar-refractivity contribution in [2.24, 2.45) is 5.92 Å². The second kappa shape index (κ2) is 6.58. The number of nitrogens with zero attached hydrogens (tertiary/aromatic N) is 1. The molecule has 3 nitrogen and oxygen atoms in total. The van der Waals surface area contributed by atoms with Crippen LogP contribution >= 0.6 is 11.3 Å². The second-order valence-corrected chi connectivity index (χ2v) is 6.78. The van der Waals surface area contributed by atoms with Crippen LogP contribution in [0.1, 0.15) is 29.4 Å². The van der Waals surface area contributed by atoms with Gasteiger partial charge in [-0.25, -0.2) is 0 Å². The fraction of sp³-hybridized carbons (Fsp3) is 0.471. The van der Waals surface area contributed by atoms with Gasteiger partial charge in [0, 0.05) is 17.8 Å². The molecule has 0 unspecified atom stereocenters. The summed E-state index contributed by atoms with van der Waals surface area (Å²) in [5.74, 6) is 0.925. The van der Waals surface area contributed by atoms with E-state index in [1.54, 1.807) is 11.3 Å². The highest BCUT2D eigenvalue weighted by Crippen LogP contribution is 2.27. The van der Waals surface area contributed by atoms with Crippen LogP contribution in [0.15, 0.2) is 30.3 Å². The molecule has 1 aromatic heterocycles. The van der Waals surface area contributed by atoms with Gasteiger partial charge < -0.3 is 10.2 Å². The number of nitrogens with one attached hydrogen (secondary N) is 1. The third kappa shape index (κ3) is 3.27. The molecule has 0 spiro atoms. The van der Waals surface area contributed by atoms with E-state index in [0.29, 0.717) is 0 Å². The SMILES string of the molecule is CCNCC1CCN(C(=O)c2cc3ccccc3s2)CC1. The van der Waals surface area contributed by atoms with Crippen molar-refractivity contribution >= 4 is 27.3 Å². The first-order valence-electron chi connectivity index (χ1n) is 7.76. The van der Waals surface area contributed by atoms with Gasteiger partial charge in [0.1, 0.15) is 0 Å². The summed E-state index contributed by atoms with van der Waals surface area (Å²) in [6, 6.07) is 10.2. The van der Waals surface area contributed by atoms with E-state index >= 15 is 0 Å². The molecule has 112 valence electrons. The Morgan fingerprint density at radius 1 is 1.33 bits per heavy atom. The quantitative estimate of drug-likeness (QED) is 0.939. The molecule has 2 heterocycles. The number of carbonyl (C=O) groups is 1. The number of benzene rings is 1. The van der Waals surface area contributed by atoms with Gasteiger partial charge in [-0.05, 0) is 49.4 Å². The summed E-state index contributed by atoms with van der Waals surface area (Å²) < 4.78 is 1.20. The Morgan fingerprint density at radius 2 is 2.10 bits per heavy atom. The van der Waals surface area contributed by atoms with E-state index in [2.05, 4.69) is 24.4 Å². The van der Waals surface area contributed by atoms with Gasteiger partial charge in [-0.15, -0.1) is 11.3 Å². The molecule has 2 aromatic rings. The molecule has 3 rings (SSSR count). The lowest BCUT2D eigenvalue weighted by molar-refractivity contribution is 0.0695. The number of hydrogen-bond acceptors (Lipinski definition) is 3. The molecule has 1 aliphatic heterocycles. The van der Waals surface area contributed by atoms with Gasteiger partial charge in [0.2, 0.25) is 0 Å². The van der Waals surface area contributed by atoms with E-state index in [9.17, 15) is 4.79 Å². The summed E-state index contributed by atoms with van der Waals surface area (Å²) in [6.07, 6.45) is 2.23. The zero-order valence-electron chi connectivity index (χ0n) is 12.5. The lowest BCUT2D eigenvalue weighted by atomic mass is 9.96. The Bertz CT molecular complexity index is 581. The van der Waals surface area contributed by atoms with Gasteiger partial charge in [-0.1, -0.05) is 25.1 Å². The minimum atomic E-state index is 0.207. The number of piperidine rings is 1. The van der Waals surface area contributed by atoms with Crippen LogP contribution in [-0.2, 0) is 0 Å². The highest BCUT2D eigenvalue weighted by Gasteiger charge is 2.24. The lowest BCUT2D eigenvalue weighted by Crippen LogP contribution is -2.40. The standard InChI is InChI=1S/C17H22N2OS/c1-2-18-12-13-7-9-19(10-8-13)17(20)16-11-14-5-3-4-6-15(14)21-16/h3-6,11,13,18H,2,7-10,12H2,1H3.